The molecule has 2 aromatic rings. The monoisotopic (exact) mass is 387 g/mol. The molecule has 1 aromatic heterocycles. The quantitative estimate of drug-likeness (QED) is 0.256. The lowest BCUT2D eigenvalue weighted by Gasteiger charge is -2.17. The van der Waals surface area contributed by atoms with Gasteiger partial charge >= 0.3 is 5.97 Å². The summed E-state index contributed by atoms with van der Waals surface area (Å²) in [5, 5.41) is 19.8. The van der Waals surface area contributed by atoms with Crippen LogP contribution in [-0.4, -0.2) is 44.5 Å². The maximum absolute atomic E-state index is 12.4. The van der Waals surface area contributed by atoms with E-state index in [1.807, 2.05) is 31.2 Å². The lowest BCUT2D eigenvalue weighted by molar-refractivity contribution is -0.137. The summed E-state index contributed by atoms with van der Waals surface area (Å²) in [6.45, 7) is 2.38. The lowest BCUT2D eigenvalue weighted by Crippen LogP contribution is -2.33. The maximum Gasteiger partial charge on any atom is 0.305 e. The number of nitrogens with zero attached hydrogens (tertiary/aromatic N) is 4. The number of carbonyl (C=O) groups is 2. The lowest BCUT2D eigenvalue weighted by atomic mass is 10.0. The number of hydrogen-bond donors (Lipinski definition) is 4. The van der Waals surface area contributed by atoms with Crippen LogP contribution in [0.25, 0.3) is 0 Å². The number of aliphatic carboxylic acids is 1. The summed E-state index contributed by atoms with van der Waals surface area (Å²) < 4.78 is 1.41. The van der Waals surface area contributed by atoms with E-state index in [0.29, 0.717) is 19.4 Å². The number of nitrogens with two attached hydrogens (primary N) is 2. The molecule has 1 heterocycles. The number of benzene rings is 1. The number of nitrogens with one attached hydrogen (secondary N) is 1. The van der Waals surface area contributed by atoms with E-state index in [-0.39, 0.29) is 24.8 Å². The highest BCUT2D eigenvalue weighted by molar-refractivity contribution is 5.77. The molecule has 6 N–H and O–H groups in total. The molecular weight excluding hydrogens is 362 g/mol. The average Bonchev–Trinajstić information content (AvgIpc) is 3.05. The molecule has 1 amide bonds. The molecule has 1 unspecified atom stereocenters. The second-order valence-electron chi connectivity index (χ2n) is 6.45. The first-order valence-electron chi connectivity index (χ1n) is 8.85. The molecule has 0 radical (unpaired) electrons. The summed E-state index contributed by atoms with van der Waals surface area (Å²) in [7, 11) is 0. The minimum Gasteiger partial charge on any atom is -0.481 e. The van der Waals surface area contributed by atoms with E-state index < -0.39 is 12.0 Å². The van der Waals surface area contributed by atoms with Crippen LogP contribution in [0.2, 0.25) is 0 Å². The standard InChI is InChI=1S/C18H25N7O3/c1-12-4-6-13(7-5-12)15(9-17(27)28)22-16(26)11-25-10-14(23-24-25)3-2-8-21-18(19)20/h4-7,10,15H,2-3,8-9,11H2,1H3,(H,22,26)(H,27,28)(H4,19,20,21). The number of carboxylic acid groups (broad SMARTS) is 1. The molecule has 0 bridgehead atoms. The van der Waals surface area contributed by atoms with Crippen molar-refractivity contribution in [2.45, 2.75) is 38.8 Å². The zero-order chi connectivity index (χ0) is 20.5. The van der Waals surface area contributed by atoms with E-state index in [1.54, 1.807) is 6.20 Å². The molecule has 10 heteroatoms. The summed E-state index contributed by atoms with van der Waals surface area (Å²) in [6.07, 6.45) is 2.80. The smallest absolute Gasteiger partial charge is 0.305 e. The number of aryl methyl sites for hydroxylation is 2. The SMILES string of the molecule is Cc1ccc(C(CC(=O)O)NC(=O)Cn2cc(CCCN=C(N)N)nn2)cc1. The predicted molar refractivity (Wildman–Crippen MR) is 103 cm³/mol. The van der Waals surface area contributed by atoms with Gasteiger partial charge in [-0.2, -0.15) is 0 Å². The van der Waals surface area contributed by atoms with Gasteiger partial charge in [0, 0.05) is 12.7 Å². The van der Waals surface area contributed by atoms with Gasteiger partial charge in [0.1, 0.15) is 6.54 Å². The summed E-state index contributed by atoms with van der Waals surface area (Å²) in [6, 6.07) is 6.76. The van der Waals surface area contributed by atoms with Gasteiger partial charge < -0.3 is 21.9 Å². The van der Waals surface area contributed by atoms with Gasteiger partial charge in [-0.15, -0.1) is 5.10 Å². The Hall–Kier alpha value is -3.43. The first kappa shape index (κ1) is 20.9. The van der Waals surface area contributed by atoms with Gasteiger partial charge in [-0.05, 0) is 25.3 Å². The van der Waals surface area contributed by atoms with Crippen LogP contribution in [0.1, 0.15) is 35.7 Å². The molecule has 0 spiro atoms. The number of amides is 1. The fraction of sp³-hybridized carbons (Fsp3) is 0.389. The van der Waals surface area contributed by atoms with Gasteiger partial charge in [-0.3, -0.25) is 14.6 Å². The topological polar surface area (TPSA) is 162 Å². The first-order valence-corrected chi connectivity index (χ1v) is 8.85. The third kappa shape index (κ3) is 7.06. The Bertz CT molecular complexity index is 826. The highest BCUT2D eigenvalue weighted by atomic mass is 16.4. The zero-order valence-corrected chi connectivity index (χ0v) is 15.7. The van der Waals surface area contributed by atoms with Crippen LogP contribution in [0.15, 0.2) is 35.5 Å². The Morgan fingerprint density at radius 2 is 2.00 bits per heavy atom. The number of guanidine groups is 1. The van der Waals surface area contributed by atoms with Gasteiger partial charge in [-0.25, -0.2) is 4.68 Å². The van der Waals surface area contributed by atoms with Gasteiger partial charge in [0.25, 0.3) is 0 Å². The normalized spacial score (nSPS) is 11.6. The van der Waals surface area contributed by atoms with Gasteiger partial charge in [0.15, 0.2) is 5.96 Å². The number of carbonyl (C=O) groups excluding carboxylic acids is 1. The van der Waals surface area contributed by atoms with E-state index >= 15 is 0 Å². The Morgan fingerprint density at radius 1 is 1.29 bits per heavy atom. The third-order valence-corrected chi connectivity index (χ3v) is 3.97. The third-order valence-electron chi connectivity index (χ3n) is 3.97. The van der Waals surface area contributed by atoms with Crippen LogP contribution < -0.4 is 16.8 Å². The van der Waals surface area contributed by atoms with Gasteiger partial charge in [0.05, 0.1) is 18.2 Å². The summed E-state index contributed by atoms with van der Waals surface area (Å²) in [5.41, 5.74) is 13.0. The van der Waals surface area contributed by atoms with Crippen molar-refractivity contribution in [2.75, 3.05) is 6.54 Å². The first-order chi connectivity index (χ1) is 13.3. The van der Waals surface area contributed by atoms with E-state index in [4.69, 9.17) is 16.6 Å². The minimum absolute atomic E-state index is 0.0461. The highest BCUT2D eigenvalue weighted by Crippen LogP contribution is 2.17. The van der Waals surface area contributed by atoms with Crippen LogP contribution in [0.4, 0.5) is 0 Å². The predicted octanol–water partition coefficient (Wildman–Crippen LogP) is 0.125. The molecule has 10 nitrogen and oxygen atoms in total. The van der Waals surface area contributed by atoms with Crippen molar-refractivity contribution < 1.29 is 14.7 Å². The van der Waals surface area contributed by atoms with Crippen molar-refractivity contribution in [1.82, 2.24) is 20.3 Å². The summed E-state index contributed by atoms with van der Waals surface area (Å²) >= 11 is 0. The van der Waals surface area contributed by atoms with Crippen LogP contribution in [0, 0.1) is 6.92 Å². The molecule has 0 saturated heterocycles. The molecule has 150 valence electrons. The fourth-order valence-corrected chi connectivity index (χ4v) is 2.61. The Kier molecular flexibility index (Phi) is 7.49. The Balaban J connectivity index is 1.92. The van der Waals surface area contributed by atoms with Crippen LogP contribution >= 0.6 is 0 Å². The molecule has 1 aromatic carbocycles. The average molecular weight is 387 g/mol. The van der Waals surface area contributed by atoms with E-state index in [2.05, 4.69) is 20.6 Å². The second kappa shape index (κ2) is 10.0. The molecular formula is C18H25N7O3. The van der Waals surface area contributed by atoms with Crippen molar-refractivity contribution in [1.29, 1.82) is 0 Å². The molecule has 1 atom stereocenters. The number of aromatic nitrogens is 3. The Labute approximate surface area is 162 Å². The van der Waals surface area contributed by atoms with E-state index in [9.17, 15) is 9.59 Å². The van der Waals surface area contributed by atoms with Crippen molar-refractivity contribution >= 4 is 17.8 Å². The molecule has 0 aliphatic carbocycles. The molecule has 0 aliphatic rings. The van der Waals surface area contributed by atoms with Crippen LogP contribution in [-0.2, 0) is 22.6 Å². The van der Waals surface area contributed by atoms with Crippen molar-refractivity contribution in [3.8, 4) is 0 Å². The van der Waals surface area contributed by atoms with Crippen LogP contribution in [0.5, 0.6) is 0 Å². The van der Waals surface area contributed by atoms with E-state index in [1.165, 1.54) is 4.68 Å². The second-order valence-corrected chi connectivity index (χ2v) is 6.45. The molecule has 0 aliphatic heterocycles. The maximum atomic E-state index is 12.4. The zero-order valence-electron chi connectivity index (χ0n) is 15.7. The number of carboxylic acids is 1. The van der Waals surface area contributed by atoms with Gasteiger partial charge in [-0.1, -0.05) is 35.0 Å². The molecule has 0 fully saturated rings. The van der Waals surface area contributed by atoms with Crippen molar-refractivity contribution in [3.63, 3.8) is 0 Å². The fourth-order valence-electron chi connectivity index (χ4n) is 2.61. The summed E-state index contributed by atoms with van der Waals surface area (Å²) in [5.74, 6) is -1.29. The Morgan fingerprint density at radius 3 is 2.64 bits per heavy atom. The van der Waals surface area contributed by atoms with Gasteiger partial charge in [0.2, 0.25) is 5.91 Å². The molecule has 28 heavy (non-hydrogen) atoms. The number of aliphatic imine (C=N–C) groups is 1. The minimum atomic E-state index is -0.991. The van der Waals surface area contributed by atoms with Crippen molar-refractivity contribution in [3.05, 3.63) is 47.3 Å². The van der Waals surface area contributed by atoms with Crippen LogP contribution in [0.3, 0.4) is 0 Å². The largest absolute Gasteiger partial charge is 0.481 e. The van der Waals surface area contributed by atoms with E-state index in [0.717, 1.165) is 16.8 Å². The van der Waals surface area contributed by atoms with Crippen molar-refractivity contribution in [2.24, 2.45) is 16.5 Å². The highest BCUT2D eigenvalue weighted by Gasteiger charge is 2.18. The number of rotatable bonds is 10. The summed E-state index contributed by atoms with van der Waals surface area (Å²) in [4.78, 5) is 27.4. The number of hydrogen-bond acceptors (Lipinski definition) is 5. The molecule has 2 rings (SSSR count). The molecule has 0 saturated carbocycles.